The maximum Gasteiger partial charge on any atom is 0.338 e. The molecule has 0 atom stereocenters. The highest BCUT2D eigenvalue weighted by Gasteiger charge is 2.16. The Morgan fingerprint density at radius 1 is 0.952 bits per heavy atom. The highest BCUT2D eigenvalue weighted by Crippen LogP contribution is 2.15. The molecule has 0 amide bonds. The van der Waals surface area contributed by atoms with E-state index in [1.807, 2.05) is 0 Å². The minimum absolute atomic E-state index is 0.126. The molecule has 0 aliphatic carbocycles. The summed E-state index contributed by atoms with van der Waals surface area (Å²) in [7, 11) is -3.29. The van der Waals surface area contributed by atoms with E-state index < -0.39 is 21.8 Å². The number of esters is 2. The van der Waals surface area contributed by atoms with Crippen LogP contribution in [0.1, 0.15) is 40.1 Å². The van der Waals surface area contributed by atoms with Gasteiger partial charge in [-0.05, 0) is 37.6 Å². The van der Waals surface area contributed by atoms with Crippen LogP contribution in [0.4, 0.5) is 0 Å². The molecule has 1 aromatic carbocycles. The smallest absolute Gasteiger partial charge is 0.338 e. The largest absolute Gasteiger partial charge is 0.462 e. The number of hydrogen-bond acceptors (Lipinski definition) is 6. The third kappa shape index (κ3) is 5.55. The van der Waals surface area contributed by atoms with Crippen molar-refractivity contribution in [2.24, 2.45) is 0 Å². The van der Waals surface area contributed by atoms with E-state index in [0.717, 1.165) is 6.26 Å². The van der Waals surface area contributed by atoms with Crippen molar-refractivity contribution in [3.63, 3.8) is 0 Å². The Kier molecular flexibility index (Phi) is 5.90. The van der Waals surface area contributed by atoms with E-state index in [4.69, 9.17) is 9.47 Å². The first-order valence-corrected chi connectivity index (χ1v) is 8.48. The Morgan fingerprint density at radius 3 is 1.71 bits per heavy atom. The van der Waals surface area contributed by atoms with Gasteiger partial charge in [0.1, 0.15) is 0 Å². The molecular weight excluding hydrogens is 296 g/mol. The van der Waals surface area contributed by atoms with E-state index in [1.165, 1.54) is 18.2 Å². The highest BCUT2D eigenvalue weighted by atomic mass is 32.2. The summed E-state index contributed by atoms with van der Waals surface area (Å²) in [5.41, 5.74) is 0.591. The van der Waals surface area contributed by atoms with Gasteiger partial charge in [0.2, 0.25) is 0 Å². The van der Waals surface area contributed by atoms with E-state index in [-0.39, 0.29) is 30.1 Å². The lowest BCUT2D eigenvalue weighted by molar-refractivity contribution is 0.0525. The molecule has 0 bridgehead atoms. The zero-order chi connectivity index (χ0) is 16.0. The van der Waals surface area contributed by atoms with Crippen LogP contribution in [0.3, 0.4) is 0 Å². The van der Waals surface area contributed by atoms with Crippen LogP contribution >= 0.6 is 0 Å². The van der Waals surface area contributed by atoms with Crippen LogP contribution < -0.4 is 0 Å². The molecular formula is C14H18O6S. The summed E-state index contributed by atoms with van der Waals surface area (Å²) >= 11 is 0. The van der Waals surface area contributed by atoms with E-state index in [0.29, 0.717) is 5.56 Å². The standard InChI is InChI=1S/C14H18O6S/c1-4-19-13(15)11-6-10(9-21(3,17)18)7-12(8-11)14(16)20-5-2/h6-8H,4-5,9H2,1-3H3. The second kappa shape index (κ2) is 7.21. The number of carbonyl (C=O) groups excluding carboxylic acids is 2. The number of hydrogen-bond donors (Lipinski definition) is 0. The SMILES string of the molecule is CCOC(=O)c1cc(CS(C)(=O)=O)cc(C(=O)OCC)c1. The molecule has 0 radical (unpaired) electrons. The number of ether oxygens (including phenoxy) is 2. The van der Waals surface area contributed by atoms with Gasteiger partial charge in [-0.1, -0.05) is 0 Å². The predicted molar refractivity (Wildman–Crippen MR) is 76.9 cm³/mol. The quantitative estimate of drug-likeness (QED) is 0.741. The normalized spacial score (nSPS) is 11.0. The van der Waals surface area contributed by atoms with Crippen LogP contribution in [0.5, 0.6) is 0 Å². The van der Waals surface area contributed by atoms with Crippen LogP contribution in [0.25, 0.3) is 0 Å². The van der Waals surface area contributed by atoms with Gasteiger partial charge in [0.25, 0.3) is 0 Å². The van der Waals surface area contributed by atoms with Crippen molar-refractivity contribution in [1.29, 1.82) is 0 Å². The molecule has 116 valence electrons. The first kappa shape index (κ1) is 17.2. The number of sulfone groups is 1. The van der Waals surface area contributed by atoms with Crippen molar-refractivity contribution in [3.05, 3.63) is 34.9 Å². The van der Waals surface area contributed by atoms with Gasteiger partial charge in [-0.3, -0.25) is 0 Å². The van der Waals surface area contributed by atoms with Crippen molar-refractivity contribution in [2.75, 3.05) is 19.5 Å². The Balaban J connectivity index is 3.25. The molecule has 1 rings (SSSR count). The Hall–Kier alpha value is -1.89. The molecule has 0 heterocycles. The van der Waals surface area contributed by atoms with Gasteiger partial charge in [-0.25, -0.2) is 18.0 Å². The summed E-state index contributed by atoms with van der Waals surface area (Å²) in [5, 5.41) is 0. The van der Waals surface area contributed by atoms with Crippen molar-refractivity contribution in [2.45, 2.75) is 19.6 Å². The molecule has 0 aliphatic heterocycles. The van der Waals surface area contributed by atoms with E-state index in [9.17, 15) is 18.0 Å². The van der Waals surface area contributed by atoms with Crippen molar-refractivity contribution in [1.82, 2.24) is 0 Å². The Morgan fingerprint density at radius 2 is 1.38 bits per heavy atom. The number of carbonyl (C=O) groups is 2. The summed E-state index contributed by atoms with van der Waals surface area (Å²) in [5.74, 6) is -1.50. The van der Waals surface area contributed by atoms with Gasteiger partial charge in [0, 0.05) is 6.26 Å². The molecule has 0 N–H and O–H groups in total. The third-order valence-corrected chi connectivity index (χ3v) is 3.30. The zero-order valence-electron chi connectivity index (χ0n) is 12.2. The fourth-order valence-corrected chi connectivity index (χ4v) is 2.51. The Bertz CT molecular complexity index is 597. The highest BCUT2D eigenvalue weighted by molar-refractivity contribution is 7.89. The first-order chi connectivity index (χ1) is 9.76. The van der Waals surface area contributed by atoms with E-state index in [2.05, 4.69) is 0 Å². The van der Waals surface area contributed by atoms with Gasteiger partial charge in [-0.15, -0.1) is 0 Å². The molecule has 0 unspecified atom stereocenters. The molecule has 7 heteroatoms. The minimum Gasteiger partial charge on any atom is -0.462 e. The fraction of sp³-hybridized carbons (Fsp3) is 0.429. The van der Waals surface area contributed by atoms with Gasteiger partial charge in [0.05, 0.1) is 30.1 Å². The topological polar surface area (TPSA) is 86.7 Å². The third-order valence-electron chi connectivity index (χ3n) is 2.44. The second-order valence-corrected chi connectivity index (χ2v) is 6.57. The number of benzene rings is 1. The second-order valence-electron chi connectivity index (χ2n) is 4.43. The monoisotopic (exact) mass is 314 g/mol. The average molecular weight is 314 g/mol. The fourth-order valence-electron chi connectivity index (χ4n) is 1.74. The van der Waals surface area contributed by atoms with Crippen LogP contribution in [0.15, 0.2) is 18.2 Å². The maximum absolute atomic E-state index is 11.8. The maximum atomic E-state index is 11.8. The van der Waals surface area contributed by atoms with Crippen LogP contribution in [-0.2, 0) is 25.1 Å². The summed E-state index contributed by atoms with van der Waals surface area (Å²) in [6, 6.07) is 4.14. The van der Waals surface area contributed by atoms with Crippen LogP contribution in [0.2, 0.25) is 0 Å². The van der Waals surface area contributed by atoms with Gasteiger partial charge in [-0.2, -0.15) is 0 Å². The Labute approximate surface area is 124 Å². The first-order valence-electron chi connectivity index (χ1n) is 6.42. The predicted octanol–water partition coefficient (Wildman–Crippen LogP) is 1.58. The van der Waals surface area contributed by atoms with Crippen molar-refractivity contribution < 1.29 is 27.5 Å². The molecule has 0 saturated carbocycles. The lowest BCUT2D eigenvalue weighted by Gasteiger charge is -2.08. The average Bonchev–Trinajstić information content (AvgIpc) is 2.37. The summed E-state index contributed by atoms with van der Waals surface area (Å²) in [6.45, 7) is 3.68. The van der Waals surface area contributed by atoms with E-state index >= 15 is 0 Å². The van der Waals surface area contributed by atoms with Crippen LogP contribution in [0, 0.1) is 0 Å². The molecule has 21 heavy (non-hydrogen) atoms. The van der Waals surface area contributed by atoms with Crippen molar-refractivity contribution >= 4 is 21.8 Å². The van der Waals surface area contributed by atoms with Crippen LogP contribution in [-0.4, -0.2) is 39.8 Å². The van der Waals surface area contributed by atoms with Gasteiger partial charge in [0.15, 0.2) is 9.84 Å². The summed E-state index contributed by atoms with van der Waals surface area (Å²) in [6.07, 6.45) is 1.08. The molecule has 6 nitrogen and oxygen atoms in total. The molecule has 0 aromatic heterocycles. The zero-order valence-corrected chi connectivity index (χ0v) is 13.0. The lowest BCUT2D eigenvalue weighted by Crippen LogP contribution is -2.11. The molecule has 1 aromatic rings. The molecule has 0 aliphatic rings. The minimum atomic E-state index is -3.29. The summed E-state index contributed by atoms with van der Waals surface area (Å²) < 4.78 is 32.5. The molecule has 0 spiro atoms. The lowest BCUT2D eigenvalue weighted by atomic mass is 10.1. The molecule has 0 saturated heterocycles. The van der Waals surface area contributed by atoms with Gasteiger partial charge >= 0.3 is 11.9 Å². The summed E-state index contributed by atoms with van der Waals surface area (Å²) in [4.78, 5) is 23.5. The molecule has 0 fully saturated rings. The number of rotatable bonds is 6. The van der Waals surface area contributed by atoms with Gasteiger partial charge < -0.3 is 9.47 Å². The van der Waals surface area contributed by atoms with E-state index in [1.54, 1.807) is 13.8 Å². The van der Waals surface area contributed by atoms with Crippen molar-refractivity contribution in [3.8, 4) is 0 Å².